The number of phosphoric acid groups is 2. The van der Waals surface area contributed by atoms with E-state index in [9.17, 15) is 43.2 Å². The highest BCUT2D eigenvalue weighted by Crippen LogP contribution is 2.45. The lowest BCUT2D eigenvalue weighted by atomic mass is 10.0. The molecule has 0 aliphatic carbocycles. The maximum absolute atomic E-state index is 13.1. The summed E-state index contributed by atoms with van der Waals surface area (Å²) in [6, 6.07) is 0. The van der Waals surface area contributed by atoms with Gasteiger partial charge in [0.15, 0.2) is 12.2 Å². The van der Waals surface area contributed by atoms with Gasteiger partial charge in [0.1, 0.15) is 19.3 Å². The highest BCUT2D eigenvalue weighted by molar-refractivity contribution is 7.47. The predicted molar refractivity (Wildman–Crippen MR) is 427 cm³/mol. The third-order valence-electron chi connectivity index (χ3n) is 16.0. The minimum atomic E-state index is -5.00. The first kappa shape index (κ1) is 98.7. The number of hydrogen-bond acceptors (Lipinski definition) is 15. The third kappa shape index (κ3) is 74.9. The molecular weight excluding hydrogens is 1350 g/mol. The van der Waals surface area contributed by atoms with E-state index >= 15 is 0 Å². The quantitative estimate of drug-likeness (QED) is 0.0169. The van der Waals surface area contributed by atoms with Gasteiger partial charge < -0.3 is 33.8 Å². The molecule has 5 atom stereocenters. The standard InChI is InChI=1S/C85H140O17P2/c1-5-9-13-17-21-25-29-33-37-38-39-40-44-46-50-54-58-62-66-70-83(88)96-76-81(102-85(90)72-68-64-60-56-52-48-43-36-32-28-24-20-16-12-8-4)78-100-104(93,94)98-74-79(86)73-97-103(91,92)99-77-80(101-84(89)71-67-63-59-55-51-47-42-35-31-27-23-19-15-11-7-3)75-95-82(87)69-65-61-57-53-49-45-41-34-30-26-22-18-14-10-6-2/h9-11,13-15,21-23,25-27,33-35,37,39-42,46,49-50,53,58,62,79-81,86H,5-8,12,16-20,24,28-32,36,38,43-45,47-48,51-52,54-57,59-61,63-78H2,1-4H3,(H,91,92)(H,93,94)/b13-9-,14-10-,15-11-,25-21-,26-22-,27-23-,37-33-,40-39-,41-34-,42-35-,50-46-,53-49-,62-58-. The summed E-state index contributed by atoms with van der Waals surface area (Å²) in [5.74, 6) is -2.34. The minimum absolute atomic E-state index is 0.0327. The van der Waals surface area contributed by atoms with Crippen LogP contribution >= 0.6 is 15.6 Å². The number of hydrogen-bond donors (Lipinski definition) is 3. The van der Waals surface area contributed by atoms with Gasteiger partial charge in [-0.2, -0.15) is 0 Å². The van der Waals surface area contributed by atoms with Crippen LogP contribution in [0.3, 0.4) is 0 Å². The van der Waals surface area contributed by atoms with Crippen LogP contribution in [0.2, 0.25) is 0 Å². The van der Waals surface area contributed by atoms with Gasteiger partial charge in [0, 0.05) is 25.7 Å². The van der Waals surface area contributed by atoms with Gasteiger partial charge in [-0.1, -0.05) is 295 Å². The molecule has 0 aromatic carbocycles. The van der Waals surface area contributed by atoms with E-state index < -0.39 is 97.5 Å². The molecule has 5 unspecified atom stereocenters. The fraction of sp³-hybridized carbons (Fsp3) is 0.647. The van der Waals surface area contributed by atoms with Crippen LogP contribution in [-0.4, -0.2) is 96.7 Å². The van der Waals surface area contributed by atoms with E-state index in [2.05, 4.69) is 167 Å². The van der Waals surface area contributed by atoms with Crippen molar-refractivity contribution in [2.45, 2.75) is 316 Å². The molecule has 0 aliphatic heterocycles. The number of carbonyl (C=O) groups excluding carboxylic acids is 4. The summed E-state index contributed by atoms with van der Waals surface area (Å²) < 4.78 is 68.5. The summed E-state index contributed by atoms with van der Waals surface area (Å²) >= 11 is 0. The number of esters is 4. The van der Waals surface area contributed by atoms with Gasteiger partial charge in [0.2, 0.25) is 0 Å². The number of aliphatic hydroxyl groups is 1. The van der Waals surface area contributed by atoms with E-state index in [1.165, 1.54) is 64.2 Å². The largest absolute Gasteiger partial charge is 0.472 e. The molecule has 3 N–H and O–H groups in total. The third-order valence-corrected chi connectivity index (χ3v) is 17.9. The van der Waals surface area contributed by atoms with Gasteiger partial charge >= 0.3 is 39.5 Å². The zero-order chi connectivity index (χ0) is 76.0. The molecule has 0 fully saturated rings. The Kier molecular flexibility index (Phi) is 72.0. The van der Waals surface area contributed by atoms with E-state index in [4.69, 9.17) is 37.0 Å². The summed E-state index contributed by atoms with van der Waals surface area (Å²) in [6.45, 7) is 4.38. The molecule has 17 nitrogen and oxygen atoms in total. The van der Waals surface area contributed by atoms with E-state index in [-0.39, 0.29) is 25.7 Å². The van der Waals surface area contributed by atoms with Crippen LogP contribution in [0.25, 0.3) is 0 Å². The number of rotatable bonds is 73. The van der Waals surface area contributed by atoms with Crippen molar-refractivity contribution in [3.8, 4) is 0 Å². The van der Waals surface area contributed by atoms with Gasteiger partial charge in [-0.05, 0) is 135 Å². The summed E-state index contributed by atoms with van der Waals surface area (Å²) in [5, 5.41) is 10.6. The van der Waals surface area contributed by atoms with Crippen molar-refractivity contribution in [1.82, 2.24) is 0 Å². The van der Waals surface area contributed by atoms with Crippen molar-refractivity contribution in [2.75, 3.05) is 39.6 Å². The molecule has 0 aromatic rings. The molecule has 0 radical (unpaired) electrons. The molecule has 0 bridgehead atoms. The molecule has 0 spiro atoms. The lowest BCUT2D eigenvalue weighted by molar-refractivity contribution is -0.161. The van der Waals surface area contributed by atoms with Crippen molar-refractivity contribution in [1.29, 1.82) is 0 Å². The average Bonchev–Trinajstić information content (AvgIpc) is 0.918. The number of aliphatic hydroxyl groups excluding tert-OH is 1. The molecule has 0 aliphatic rings. The van der Waals surface area contributed by atoms with E-state index in [0.29, 0.717) is 32.1 Å². The minimum Gasteiger partial charge on any atom is -0.462 e. The fourth-order valence-corrected chi connectivity index (χ4v) is 11.7. The summed E-state index contributed by atoms with van der Waals surface area (Å²) in [7, 11) is -10.0. The van der Waals surface area contributed by atoms with E-state index in [1.807, 2.05) is 18.2 Å². The van der Waals surface area contributed by atoms with Crippen LogP contribution in [0, 0.1) is 0 Å². The first-order valence-corrected chi connectivity index (χ1v) is 42.7. The Morgan fingerprint density at radius 1 is 0.279 bits per heavy atom. The molecule has 0 amide bonds. The maximum Gasteiger partial charge on any atom is 0.472 e. The monoisotopic (exact) mass is 1490 g/mol. The lowest BCUT2D eigenvalue weighted by Crippen LogP contribution is -2.30. The zero-order valence-corrected chi connectivity index (χ0v) is 66.4. The Bertz CT molecular complexity index is 2590. The number of carbonyl (C=O) groups is 4. The second-order valence-electron chi connectivity index (χ2n) is 25.9. The van der Waals surface area contributed by atoms with Crippen molar-refractivity contribution in [3.63, 3.8) is 0 Å². The normalized spacial score (nSPS) is 14.7. The molecule has 0 saturated carbocycles. The van der Waals surface area contributed by atoms with Gasteiger partial charge in [0.25, 0.3) is 0 Å². The molecule has 0 saturated heterocycles. The van der Waals surface area contributed by atoms with E-state index in [0.717, 1.165) is 148 Å². The Hall–Kier alpha value is -5.32. The number of allylic oxidation sites excluding steroid dienone is 26. The number of unbranched alkanes of at least 4 members (excludes halogenated alkanes) is 21. The molecule has 0 rings (SSSR count). The topological polar surface area (TPSA) is 237 Å². The SMILES string of the molecule is CC/C=C\C/C=C\C/C=C\C/C=C\C/C=C\C/C=C\CCC(=O)OCC(COP(=O)(O)OCC(O)COP(=O)(O)OCC(COC(=O)CCCC/C=C\C/C=C\C/C=C\C/C=C\CC)OC(=O)CCCCCCC/C=C\C/C=C\C/C=C\CC)OC(=O)CCCCCCCCCCCCCCCCC. The number of ether oxygens (including phenoxy) is 4. The van der Waals surface area contributed by atoms with Crippen LogP contribution < -0.4 is 0 Å². The molecule has 19 heteroatoms. The van der Waals surface area contributed by atoms with Crippen LogP contribution in [0.5, 0.6) is 0 Å². The molecule has 592 valence electrons. The Labute approximate surface area is 629 Å². The zero-order valence-electron chi connectivity index (χ0n) is 64.6. The van der Waals surface area contributed by atoms with Crippen molar-refractivity contribution >= 4 is 39.5 Å². The van der Waals surface area contributed by atoms with Gasteiger partial charge in [-0.15, -0.1) is 0 Å². The summed E-state index contributed by atoms with van der Waals surface area (Å²) in [5.41, 5.74) is 0. The average molecular weight is 1500 g/mol. The maximum atomic E-state index is 13.1. The molecular formula is C85H140O17P2. The second-order valence-corrected chi connectivity index (χ2v) is 28.8. The first-order chi connectivity index (χ1) is 50.7. The molecule has 0 heterocycles. The van der Waals surface area contributed by atoms with Crippen LogP contribution in [0.15, 0.2) is 158 Å². The van der Waals surface area contributed by atoms with Crippen LogP contribution in [0.4, 0.5) is 0 Å². The van der Waals surface area contributed by atoms with E-state index in [1.54, 1.807) is 0 Å². The fourth-order valence-electron chi connectivity index (χ4n) is 10.1. The molecule has 0 aromatic heterocycles. The Morgan fingerprint density at radius 2 is 0.519 bits per heavy atom. The smallest absolute Gasteiger partial charge is 0.462 e. The van der Waals surface area contributed by atoms with Crippen LogP contribution in [0.1, 0.15) is 297 Å². The van der Waals surface area contributed by atoms with Gasteiger partial charge in [-0.25, -0.2) is 9.13 Å². The first-order valence-electron chi connectivity index (χ1n) is 39.7. The van der Waals surface area contributed by atoms with Crippen molar-refractivity contribution < 1.29 is 80.2 Å². The molecule has 104 heavy (non-hydrogen) atoms. The lowest BCUT2D eigenvalue weighted by Gasteiger charge is -2.21. The second kappa shape index (κ2) is 75.9. The number of phosphoric ester groups is 2. The van der Waals surface area contributed by atoms with Crippen LogP contribution in [-0.2, 0) is 65.4 Å². The van der Waals surface area contributed by atoms with Gasteiger partial charge in [0.05, 0.1) is 26.4 Å². The highest BCUT2D eigenvalue weighted by atomic mass is 31.2. The summed E-state index contributed by atoms with van der Waals surface area (Å²) in [4.78, 5) is 73.0. The van der Waals surface area contributed by atoms with Gasteiger partial charge in [-0.3, -0.25) is 37.3 Å². The summed E-state index contributed by atoms with van der Waals surface area (Å²) in [6.07, 6.45) is 88.1. The Balaban J connectivity index is 5.47. The Morgan fingerprint density at radius 3 is 0.846 bits per heavy atom. The van der Waals surface area contributed by atoms with Crippen molar-refractivity contribution in [2.24, 2.45) is 0 Å². The van der Waals surface area contributed by atoms with Crippen molar-refractivity contribution in [3.05, 3.63) is 158 Å². The highest BCUT2D eigenvalue weighted by Gasteiger charge is 2.30. The predicted octanol–water partition coefficient (Wildman–Crippen LogP) is 23.2.